The molecule has 1 aliphatic heterocycles. The molecule has 2 heterocycles. The van der Waals surface area contributed by atoms with Crippen molar-refractivity contribution in [1.29, 1.82) is 0 Å². The Hall–Kier alpha value is -2.47. The van der Waals surface area contributed by atoms with Crippen molar-refractivity contribution in [2.45, 2.75) is 26.2 Å². The number of carbonyl (C=O) groups is 1. The Morgan fingerprint density at radius 3 is 2.65 bits per heavy atom. The molecular weight excluding hydrogens is 394 g/mol. The second kappa shape index (κ2) is 6.68. The van der Waals surface area contributed by atoms with Crippen LogP contribution in [0.25, 0.3) is 11.4 Å². The van der Waals surface area contributed by atoms with Crippen molar-refractivity contribution in [3.8, 4) is 11.4 Å². The van der Waals surface area contributed by atoms with Gasteiger partial charge in [-0.1, -0.05) is 38.8 Å². The lowest BCUT2D eigenvalue weighted by atomic mass is 10.1. The maximum absolute atomic E-state index is 12.5. The summed E-state index contributed by atoms with van der Waals surface area (Å²) in [5.74, 6) is 1.07. The molecule has 2 aromatic carbocycles. The van der Waals surface area contributed by atoms with Crippen molar-refractivity contribution >= 4 is 27.5 Å². The molecule has 0 aliphatic carbocycles. The second-order valence-electron chi connectivity index (χ2n) is 6.66. The first-order chi connectivity index (χ1) is 12.5. The normalized spacial score (nSPS) is 17.1. The van der Waals surface area contributed by atoms with E-state index in [0.717, 1.165) is 21.3 Å². The van der Waals surface area contributed by atoms with E-state index >= 15 is 0 Å². The van der Waals surface area contributed by atoms with Crippen molar-refractivity contribution in [1.82, 2.24) is 10.1 Å². The number of aromatic nitrogens is 2. The molecule has 1 saturated heterocycles. The van der Waals surface area contributed by atoms with E-state index in [9.17, 15) is 4.79 Å². The number of hydrogen-bond donors (Lipinski definition) is 0. The number of rotatable bonds is 3. The molecule has 5 nitrogen and oxygen atoms in total. The number of hydrogen-bond acceptors (Lipinski definition) is 4. The molecule has 1 atom stereocenters. The fraction of sp³-hybridized carbons (Fsp3) is 0.250. The van der Waals surface area contributed by atoms with Gasteiger partial charge in [0.25, 0.3) is 0 Å². The van der Waals surface area contributed by atoms with Gasteiger partial charge in [0, 0.05) is 28.7 Å². The average molecular weight is 412 g/mol. The van der Waals surface area contributed by atoms with E-state index in [4.69, 9.17) is 4.52 Å². The van der Waals surface area contributed by atoms with Crippen LogP contribution in [0.5, 0.6) is 0 Å². The number of halogens is 1. The molecule has 6 heteroatoms. The van der Waals surface area contributed by atoms with Gasteiger partial charge in [0.05, 0.1) is 5.92 Å². The lowest BCUT2D eigenvalue weighted by Crippen LogP contribution is -2.25. The number of carbonyl (C=O) groups excluding carboxylic acids is 1. The number of amides is 1. The lowest BCUT2D eigenvalue weighted by Gasteiger charge is -2.19. The van der Waals surface area contributed by atoms with Crippen molar-refractivity contribution in [3.63, 3.8) is 0 Å². The highest BCUT2D eigenvalue weighted by Crippen LogP contribution is 2.33. The van der Waals surface area contributed by atoms with E-state index < -0.39 is 0 Å². The van der Waals surface area contributed by atoms with Crippen LogP contribution in [0.3, 0.4) is 0 Å². The van der Waals surface area contributed by atoms with E-state index in [1.165, 1.54) is 5.56 Å². The highest BCUT2D eigenvalue weighted by atomic mass is 79.9. The van der Waals surface area contributed by atoms with Crippen LogP contribution in [0.2, 0.25) is 0 Å². The Labute approximate surface area is 160 Å². The first-order valence-corrected chi connectivity index (χ1v) is 9.28. The highest BCUT2D eigenvalue weighted by Gasteiger charge is 2.35. The number of benzene rings is 2. The number of aryl methyl sites for hydroxylation is 2. The predicted molar refractivity (Wildman–Crippen MR) is 103 cm³/mol. The van der Waals surface area contributed by atoms with Crippen LogP contribution in [0.4, 0.5) is 5.69 Å². The largest absolute Gasteiger partial charge is 0.339 e. The number of anilines is 1. The van der Waals surface area contributed by atoms with Gasteiger partial charge in [-0.25, -0.2) is 0 Å². The van der Waals surface area contributed by atoms with Crippen LogP contribution in [-0.4, -0.2) is 22.6 Å². The molecule has 0 unspecified atom stereocenters. The van der Waals surface area contributed by atoms with Crippen LogP contribution in [0.15, 0.2) is 51.5 Å². The molecule has 3 aromatic rings. The molecule has 132 valence electrons. The number of nitrogens with zero attached hydrogens (tertiary/aromatic N) is 3. The molecule has 0 spiro atoms. The quantitative estimate of drug-likeness (QED) is 0.629. The Balaban J connectivity index is 1.56. The van der Waals surface area contributed by atoms with Gasteiger partial charge in [-0.05, 0) is 49.7 Å². The zero-order valence-electron chi connectivity index (χ0n) is 14.6. The predicted octanol–water partition coefficient (Wildman–Crippen LogP) is 4.64. The first kappa shape index (κ1) is 17.0. The maximum atomic E-state index is 12.5. The van der Waals surface area contributed by atoms with E-state index in [1.807, 2.05) is 55.1 Å². The molecule has 1 aliphatic rings. The van der Waals surface area contributed by atoms with Crippen molar-refractivity contribution < 1.29 is 9.32 Å². The van der Waals surface area contributed by atoms with Gasteiger partial charge in [-0.2, -0.15) is 4.98 Å². The smallest absolute Gasteiger partial charge is 0.232 e. The average Bonchev–Trinajstić information content (AvgIpc) is 3.23. The molecule has 1 aromatic heterocycles. The van der Waals surface area contributed by atoms with E-state index in [0.29, 0.717) is 24.7 Å². The van der Waals surface area contributed by atoms with Gasteiger partial charge < -0.3 is 9.42 Å². The molecule has 1 fully saturated rings. The van der Waals surface area contributed by atoms with Crippen LogP contribution in [0.1, 0.15) is 29.4 Å². The highest BCUT2D eigenvalue weighted by molar-refractivity contribution is 9.10. The van der Waals surface area contributed by atoms with Crippen molar-refractivity contribution in [2.24, 2.45) is 0 Å². The summed E-state index contributed by atoms with van der Waals surface area (Å²) in [6.07, 6.45) is 0.384. The summed E-state index contributed by atoms with van der Waals surface area (Å²) < 4.78 is 6.46. The van der Waals surface area contributed by atoms with Crippen LogP contribution < -0.4 is 4.90 Å². The molecule has 0 radical (unpaired) electrons. The monoisotopic (exact) mass is 411 g/mol. The molecule has 1 amide bonds. The summed E-state index contributed by atoms with van der Waals surface area (Å²) in [4.78, 5) is 18.9. The van der Waals surface area contributed by atoms with Gasteiger partial charge in [0.1, 0.15) is 0 Å². The van der Waals surface area contributed by atoms with Crippen LogP contribution in [-0.2, 0) is 4.79 Å². The SMILES string of the molecule is Cc1ccc(N2C[C@@H](c3nc(-c4ccc(Br)cc4)no3)CC2=O)c(C)c1. The van der Waals surface area contributed by atoms with Crippen molar-refractivity contribution in [2.75, 3.05) is 11.4 Å². The zero-order chi connectivity index (χ0) is 18.3. The minimum Gasteiger partial charge on any atom is -0.339 e. The molecular formula is C20H18BrN3O2. The third-order valence-corrected chi connectivity index (χ3v) is 5.19. The fourth-order valence-electron chi connectivity index (χ4n) is 3.33. The minimum atomic E-state index is -0.0834. The van der Waals surface area contributed by atoms with Gasteiger partial charge in [-0.3, -0.25) is 4.79 Å². The lowest BCUT2D eigenvalue weighted by molar-refractivity contribution is -0.117. The zero-order valence-corrected chi connectivity index (χ0v) is 16.2. The maximum Gasteiger partial charge on any atom is 0.232 e. The van der Waals surface area contributed by atoms with Gasteiger partial charge >= 0.3 is 0 Å². The fourth-order valence-corrected chi connectivity index (χ4v) is 3.60. The van der Waals surface area contributed by atoms with E-state index in [2.05, 4.69) is 32.1 Å². The Morgan fingerprint density at radius 2 is 1.92 bits per heavy atom. The summed E-state index contributed by atoms with van der Waals surface area (Å²) in [6, 6.07) is 13.9. The third kappa shape index (κ3) is 3.17. The van der Waals surface area contributed by atoms with Crippen LogP contribution in [0, 0.1) is 13.8 Å². The summed E-state index contributed by atoms with van der Waals surface area (Å²) in [6.45, 7) is 4.64. The van der Waals surface area contributed by atoms with Crippen LogP contribution >= 0.6 is 15.9 Å². The standard InChI is InChI=1S/C20H18BrN3O2/c1-12-3-8-17(13(2)9-12)24-11-15(10-18(24)25)20-22-19(23-26-20)14-4-6-16(21)7-5-14/h3-9,15H,10-11H2,1-2H3/t15-/m0/s1. The molecule has 4 rings (SSSR count). The molecule has 26 heavy (non-hydrogen) atoms. The topological polar surface area (TPSA) is 59.2 Å². The summed E-state index contributed by atoms with van der Waals surface area (Å²) >= 11 is 3.42. The summed E-state index contributed by atoms with van der Waals surface area (Å²) in [5.41, 5.74) is 4.13. The third-order valence-electron chi connectivity index (χ3n) is 4.66. The summed E-state index contributed by atoms with van der Waals surface area (Å²) in [5, 5.41) is 4.08. The Kier molecular flexibility index (Phi) is 4.36. The molecule has 0 N–H and O–H groups in total. The second-order valence-corrected chi connectivity index (χ2v) is 7.57. The minimum absolute atomic E-state index is 0.0834. The van der Waals surface area contributed by atoms with Crippen molar-refractivity contribution in [3.05, 3.63) is 64.0 Å². The van der Waals surface area contributed by atoms with Gasteiger partial charge in [-0.15, -0.1) is 0 Å². The Morgan fingerprint density at radius 1 is 1.15 bits per heavy atom. The van der Waals surface area contributed by atoms with E-state index in [-0.39, 0.29) is 11.8 Å². The van der Waals surface area contributed by atoms with Gasteiger partial charge in [0.15, 0.2) is 0 Å². The first-order valence-electron chi connectivity index (χ1n) is 8.48. The summed E-state index contributed by atoms with van der Waals surface area (Å²) in [7, 11) is 0. The molecule has 0 bridgehead atoms. The molecule has 0 saturated carbocycles. The van der Waals surface area contributed by atoms with Gasteiger partial charge in [0.2, 0.25) is 17.6 Å². The Bertz CT molecular complexity index is 965. The van der Waals surface area contributed by atoms with E-state index in [1.54, 1.807) is 0 Å².